The molecule has 18 amide bonds. The fourth-order valence-electron chi connectivity index (χ4n) is 16.2. The number of carbonyl (C=O) groups is 18. The molecule has 1 aromatic carbocycles. The fraction of sp³-hybridized carbons (Fsp3) is 0.745. The summed E-state index contributed by atoms with van der Waals surface area (Å²) < 4.78 is 16.2. The van der Waals surface area contributed by atoms with E-state index in [0.717, 1.165) is 0 Å². The van der Waals surface area contributed by atoms with Gasteiger partial charge in [0.25, 0.3) is 0 Å². The molecule has 0 spiro atoms. The van der Waals surface area contributed by atoms with E-state index in [0.29, 0.717) is 116 Å². The number of benzene rings is 1. The Morgan fingerprint density at radius 3 is 1.29 bits per heavy atom. The number of rotatable bonds is 68. The predicted molar refractivity (Wildman–Crippen MR) is 561 cm³/mol. The zero-order chi connectivity index (χ0) is 111. The van der Waals surface area contributed by atoms with E-state index < -0.39 is 227 Å². The number of amides is 18. The number of carbonyl (C=O) groups excluding carboxylic acids is 18. The summed E-state index contributed by atoms with van der Waals surface area (Å²) in [7, 11) is 0. The highest BCUT2D eigenvalue weighted by Crippen LogP contribution is 2.23. The molecule has 1 aliphatic heterocycles. The van der Waals surface area contributed by atoms with Gasteiger partial charge in [-0.1, -0.05) is 112 Å². The van der Waals surface area contributed by atoms with Crippen molar-refractivity contribution >= 4 is 106 Å². The van der Waals surface area contributed by atoms with Crippen molar-refractivity contribution in [3.05, 3.63) is 48.0 Å². The number of ether oxygens (including phenoxy) is 3. The van der Waals surface area contributed by atoms with Crippen molar-refractivity contribution in [2.75, 3.05) is 85.5 Å². The lowest BCUT2D eigenvalue weighted by Gasteiger charge is -2.33. The molecule has 0 saturated carbocycles. The second-order valence-electron chi connectivity index (χ2n) is 40.8. The largest absolute Gasteiger partial charge is 0.394 e. The van der Waals surface area contributed by atoms with Crippen LogP contribution in [0.5, 0.6) is 0 Å². The minimum absolute atomic E-state index is 0.0168. The Kier molecular flexibility index (Phi) is 65.8. The van der Waals surface area contributed by atoms with Crippen molar-refractivity contribution in [1.82, 2.24) is 90.4 Å². The van der Waals surface area contributed by atoms with E-state index in [1.165, 1.54) is 34.6 Å². The Hall–Kier alpha value is -11.0. The van der Waals surface area contributed by atoms with Crippen molar-refractivity contribution in [3.8, 4) is 0 Å². The normalized spacial score (nSPS) is 19.1. The minimum Gasteiger partial charge on any atom is -0.394 e. The topological polar surface area (TPSA) is 742 Å². The van der Waals surface area contributed by atoms with Crippen LogP contribution in [0, 0.1) is 29.6 Å². The Balaban J connectivity index is 2.58. The number of aliphatic hydroxyl groups excluding tert-OH is 1. The summed E-state index contributed by atoms with van der Waals surface area (Å²) in [5.74, 6) is -16.3. The molecular weight excluding hydrogens is 1910 g/mol. The SMILES string of the molecule is CC(C)C[C@@H]1NC(=O)[C@H](C)NC(=O)[C@@](C)(NC(=O)[C@H](CO)NC(=O)[C@@H](NC(=O)[C@H](CC(C)C)NC(=O)[C@H](Cc2ccccc2)NC(=O)[C@H](CCCCN)NC(=O)[C@H](C)NC(=O)[C@H](CC(C)C)NC(=O)[C@H](CCCCN)NC(=O)[C@H](CCCCN)NC(=O)COCCOCCOCCN)C(C)C)CCCC=CCCC[C@@](C)(C(=O)N[C@@H](C)C(=O)N[C@@H](CC(C)C)C(=O)N[C@@H](CCCCN)C(N)=O)NC(=O)C(CCCCN)NC1=O. The number of primary amides is 1. The molecule has 842 valence electrons. The third kappa shape index (κ3) is 52.9. The minimum atomic E-state index is -1.93. The van der Waals surface area contributed by atoms with Gasteiger partial charge in [-0.15, -0.1) is 0 Å². The monoisotopic (exact) mass is 2100 g/mol. The number of hydrogen-bond acceptors (Lipinski definition) is 28. The molecular formula is C102H182N24O22. The average molecular weight is 2100 g/mol. The van der Waals surface area contributed by atoms with E-state index in [9.17, 15) is 86.6 Å². The Morgan fingerprint density at radius 2 is 0.811 bits per heavy atom. The molecule has 0 fully saturated rings. The van der Waals surface area contributed by atoms with Crippen LogP contribution in [-0.4, -0.2) is 299 Å². The lowest BCUT2D eigenvalue weighted by molar-refractivity contribution is -0.139. The number of nitrogens with two attached hydrogens (primary N) is 7. The van der Waals surface area contributed by atoms with Crippen molar-refractivity contribution < 1.29 is 106 Å². The Bertz CT molecular complexity index is 4290. The molecule has 1 aliphatic rings. The third-order valence-corrected chi connectivity index (χ3v) is 24.8. The number of hydrogen-bond donors (Lipinski definition) is 25. The summed E-state index contributed by atoms with van der Waals surface area (Å²) in [5, 5.41) is 57.2. The van der Waals surface area contributed by atoms with Crippen LogP contribution in [0.4, 0.5) is 0 Å². The van der Waals surface area contributed by atoms with Crippen LogP contribution in [0.2, 0.25) is 0 Å². The first-order chi connectivity index (χ1) is 70.1. The van der Waals surface area contributed by atoms with Crippen LogP contribution in [0.1, 0.15) is 270 Å². The quantitative estimate of drug-likeness (QED) is 0.0252. The van der Waals surface area contributed by atoms with Gasteiger partial charge >= 0.3 is 0 Å². The van der Waals surface area contributed by atoms with Crippen molar-refractivity contribution in [2.45, 2.75) is 373 Å². The van der Waals surface area contributed by atoms with Crippen LogP contribution >= 0.6 is 0 Å². The maximum Gasteiger partial charge on any atom is 0.246 e. The molecule has 0 aliphatic carbocycles. The standard InChI is InChI=1S/C102H182N24O22/c1-62(2)55-76(120-90(135)74(40-26-33-47-106)116-88(133)72(38-24-31-45-104)113-82(128)61-148-54-53-147-52-51-146-50-49-108)91(136)110-67(11)85(130)115-73(39-25-32-46-105)89(134)122-80(59-70-35-21-20-22-36-70)94(139)121-79(58-65(7)8)95(140)124-83(66(9)10)98(143)123-81(60-127)97(142)126-102(15)43-29-19-17-16-18-28-42-101(14,99(144)111-68(12)86(131)118-77(56-63(3)4)92(137)114-71(84(109)129)37-23-30-44-103)125-96(141)75(41-27-34-48-107)117-93(138)78(57-64(5)6)119-87(132)69(13)112-100(102)145/h16-17,20-22,35-36,62-69,71-81,83,127H,18-19,23-34,37-61,103-108H2,1-15H3,(H2,109,129)(H,110,136)(H,111,144)(H,112,145)(H,113,128)(H,114,137)(H,115,130)(H,116,133)(H,117,138)(H,118,131)(H,119,132)(H,120,135)(H,121,139)(H,122,134)(H,123,143)(H,124,140)(H,125,141)(H,126,142)/t67-,68-,69-,71-,72-,73-,74-,75?,76-,77-,78-,79-,80-,81-,83-,101-,102-/m0/s1. The zero-order valence-electron chi connectivity index (χ0n) is 90.2. The van der Waals surface area contributed by atoms with Crippen molar-refractivity contribution in [3.63, 3.8) is 0 Å². The molecule has 148 heavy (non-hydrogen) atoms. The summed E-state index contributed by atoms with van der Waals surface area (Å²) in [6.07, 6.45) is 9.22. The summed E-state index contributed by atoms with van der Waals surface area (Å²) in [4.78, 5) is 258. The van der Waals surface area contributed by atoms with Gasteiger partial charge in [0.15, 0.2) is 0 Å². The van der Waals surface area contributed by atoms with Gasteiger partial charge in [-0.05, 0) is 263 Å². The predicted octanol–water partition coefficient (Wildman–Crippen LogP) is -1.81. The molecule has 46 heteroatoms. The van der Waals surface area contributed by atoms with Crippen LogP contribution in [0.25, 0.3) is 0 Å². The highest BCUT2D eigenvalue weighted by Gasteiger charge is 2.44. The second kappa shape index (κ2) is 73.2. The van der Waals surface area contributed by atoms with Crippen molar-refractivity contribution in [1.29, 1.82) is 0 Å². The molecule has 1 aromatic rings. The molecule has 46 nitrogen and oxygen atoms in total. The van der Waals surface area contributed by atoms with E-state index in [1.54, 1.807) is 84.0 Å². The lowest BCUT2D eigenvalue weighted by Crippen LogP contribution is -2.65. The number of nitrogens with one attached hydrogen (secondary N) is 17. The van der Waals surface area contributed by atoms with Crippen molar-refractivity contribution in [2.24, 2.45) is 69.7 Å². The smallest absolute Gasteiger partial charge is 0.246 e. The van der Waals surface area contributed by atoms with Gasteiger partial charge in [-0.2, -0.15) is 0 Å². The van der Waals surface area contributed by atoms with Crippen LogP contribution in [-0.2, 0) is 107 Å². The summed E-state index contributed by atoms with van der Waals surface area (Å²) in [6, 6.07) is -11.5. The molecule has 17 atom stereocenters. The lowest BCUT2D eigenvalue weighted by atomic mass is 9.91. The maximum absolute atomic E-state index is 15.0. The number of unbranched alkanes of at least 4 members (excludes halogenated alkanes) is 5. The zero-order valence-corrected chi connectivity index (χ0v) is 90.2. The number of allylic oxidation sites excluding steroid dienone is 2. The molecule has 32 N–H and O–H groups in total. The molecule has 1 unspecified atom stereocenters. The molecule has 0 bridgehead atoms. The Labute approximate surface area is 874 Å². The van der Waals surface area contributed by atoms with Gasteiger partial charge in [-0.3, -0.25) is 86.3 Å². The summed E-state index contributed by atoms with van der Waals surface area (Å²) in [5.41, 5.74) is 37.0. The van der Waals surface area contributed by atoms with Gasteiger partial charge in [0.1, 0.15) is 108 Å². The summed E-state index contributed by atoms with van der Waals surface area (Å²) >= 11 is 0. The molecule has 2 rings (SSSR count). The molecule has 1 heterocycles. The van der Waals surface area contributed by atoms with E-state index in [-0.39, 0.29) is 153 Å². The number of aliphatic hydroxyl groups is 1. The highest BCUT2D eigenvalue weighted by molar-refractivity contribution is 6.02. The molecule has 0 aromatic heterocycles. The van der Waals surface area contributed by atoms with Gasteiger partial charge in [-0.25, -0.2) is 0 Å². The molecule has 0 saturated heterocycles. The van der Waals surface area contributed by atoms with Crippen LogP contribution < -0.4 is 131 Å². The maximum atomic E-state index is 15.0. The fourth-order valence-corrected chi connectivity index (χ4v) is 16.2. The van der Waals surface area contributed by atoms with E-state index in [2.05, 4.69) is 90.4 Å². The second-order valence-corrected chi connectivity index (χ2v) is 40.8. The van der Waals surface area contributed by atoms with Gasteiger partial charge in [0.2, 0.25) is 106 Å². The molecule has 0 radical (unpaired) electrons. The van der Waals surface area contributed by atoms with Crippen LogP contribution in [0.15, 0.2) is 42.5 Å². The van der Waals surface area contributed by atoms with Gasteiger partial charge < -0.3 is 150 Å². The first kappa shape index (κ1) is 133. The van der Waals surface area contributed by atoms with E-state index in [1.807, 2.05) is 27.7 Å². The van der Waals surface area contributed by atoms with E-state index in [4.69, 9.17) is 54.3 Å². The Morgan fingerprint density at radius 1 is 0.405 bits per heavy atom. The summed E-state index contributed by atoms with van der Waals surface area (Å²) in [6.45, 7) is 26.0. The first-order valence-corrected chi connectivity index (χ1v) is 52.8. The van der Waals surface area contributed by atoms with Gasteiger partial charge in [0.05, 0.1) is 39.6 Å². The van der Waals surface area contributed by atoms with E-state index >= 15 is 4.79 Å². The average Bonchev–Trinajstić information content (AvgIpc) is 0.924. The van der Waals surface area contributed by atoms with Crippen LogP contribution in [0.3, 0.4) is 0 Å². The third-order valence-electron chi connectivity index (χ3n) is 24.8. The van der Waals surface area contributed by atoms with Gasteiger partial charge in [0, 0.05) is 13.0 Å². The first-order valence-electron chi connectivity index (χ1n) is 52.8. The highest BCUT2D eigenvalue weighted by atomic mass is 16.5.